The fourth-order valence-corrected chi connectivity index (χ4v) is 2.30. The fraction of sp³-hybridized carbons (Fsp3) is 0.267. The first kappa shape index (κ1) is 13.5. The topological polar surface area (TPSA) is 78.9 Å². The van der Waals surface area contributed by atoms with E-state index in [1.165, 1.54) is 4.80 Å². The molecule has 0 fully saturated rings. The molecule has 1 atom stereocenters. The first-order valence-electron chi connectivity index (χ1n) is 6.78. The Labute approximate surface area is 122 Å². The summed E-state index contributed by atoms with van der Waals surface area (Å²) in [4.78, 5) is 1.41. The van der Waals surface area contributed by atoms with E-state index in [1.54, 1.807) is 7.05 Å². The maximum absolute atomic E-state index is 6.05. The quantitative estimate of drug-likeness (QED) is 0.792. The Kier molecular flexibility index (Phi) is 3.53. The summed E-state index contributed by atoms with van der Waals surface area (Å²) in [6.45, 7) is 2.21. The van der Waals surface area contributed by atoms with Gasteiger partial charge in [0.25, 0.3) is 0 Å². The third-order valence-electron chi connectivity index (χ3n) is 3.30. The zero-order chi connectivity index (χ0) is 14.8. The predicted molar refractivity (Wildman–Crippen MR) is 79.7 cm³/mol. The Morgan fingerprint density at radius 3 is 2.76 bits per heavy atom. The Balaban J connectivity index is 1.99. The average Bonchev–Trinajstić information content (AvgIpc) is 2.90. The Bertz CT molecular complexity index is 766. The van der Waals surface area contributed by atoms with E-state index in [9.17, 15) is 0 Å². The number of fused-ring (bicyclic) bond motifs is 1. The standard InChI is InChI=1S/C15H17N5O/c1-10(16)12-8-7-11-5-3-4-6-13(11)15(12)21-9-14-17-19-20(2)18-14/h3-8,10H,9,16H2,1-2H3/t10-/m0/s1. The van der Waals surface area contributed by atoms with Gasteiger partial charge < -0.3 is 10.5 Å². The third-order valence-corrected chi connectivity index (χ3v) is 3.30. The van der Waals surface area contributed by atoms with Gasteiger partial charge in [-0.05, 0) is 17.5 Å². The summed E-state index contributed by atoms with van der Waals surface area (Å²) in [7, 11) is 1.72. The van der Waals surface area contributed by atoms with E-state index in [4.69, 9.17) is 10.5 Å². The summed E-state index contributed by atoms with van der Waals surface area (Å²) in [5.74, 6) is 1.33. The van der Waals surface area contributed by atoms with Crippen molar-refractivity contribution >= 4 is 10.8 Å². The minimum atomic E-state index is -0.112. The number of rotatable bonds is 4. The van der Waals surface area contributed by atoms with Crippen LogP contribution in [0.25, 0.3) is 10.8 Å². The molecule has 3 aromatic rings. The lowest BCUT2D eigenvalue weighted by Gasteiger charge is -2.15. The molecule has 0 aliphatic carbocycles. The van der Waals surface area contributed by atoms with Crippen molar-refractivity contribution in [3.05, 3.63) is 47.8 Å². The Morgan fingerprint density at radius 2 is 2.05 bits per heavy atom. The van der Waals surface area contributed by atoms with Gasteiger partial charge in [0.1, 0.15) is 5.75 Å². The smallest absolute Gasteiger partial charge is 0.212 e. The lowest BCUT2D eigenvalue weighted by atomic mass is 10.0. The van der Waals surface area contributed by atoms with Crippen LogP contribution in [0.2, 0.25) is 0 Å². The number of hydrogen-bond acceptors (Lipinski definition) is 5. The largest absolute Gasteiger partial charge is 0.484 e. The number of aryl methyl sites for hydroxylation is 1. The first-order valence-corrected chi connectivity index (χ1v) is 6.78. The van der Waals surface area contributed by atoms with Gasteiger partial charge in [0, 0.05) is 17.0 Å². The molecule has 0 amide bonds. The molecule has 0 aliphatic rings. The molecule has 0 saturated heterocycles. The Hall–Kier alpha value is -2.47. The molecular weight excluding hydrogens is 266 g/mol. The van der Waals surface area contributed by atoms with Gasteiger partial charge in [0.05, 0.1) is 7.05 Å². The Morgan fingerprint density at radius 1 is 1.24 bits per heavy atom. The highest BCUT2D eigenvalue weighted by Gasteiger charge is 2.13. The van der Waals surface area contributed by atoms with Crippen LogP contribution in [0.1, 0.15) is 24.4 Å². The molecule has 108 valence electrons. The van der Waals surface area contributed by atoms with Crippen LogP contribution in [0.4, 0.5) is 0 Å². The normalized spacial score (nSPS) is 12.5. The summed E-state index contributed by atoms with van der Waals surface area (Å²) in [6, 6.07) is 12.0. The van der Waals surface area contributed by atoms with E-state index in [0.29, 0.717) is 5.82 Å². The lowest BCUT2D eigenvalue weighted by molar-refractivity contribution is 0.294. The molecule has 0 aliphatic heterocycles. The van der Waals surface area contributed by atoms with Crippen LogP contribution in [0.3, 0.4) is 0 Å². The van der Waals surface area contributed by atoms with E-state index in [-0.39, 0.29) is 12.6 Å². The second-order valence-corrected chi connectivity index (χ2v) is 4.98. The van der Waals surface area contributed by atoms with Crippen LogP contribution < -0.4 is 10.5 Å². The van der Waals surface area contributed by atoms with Gasteiger partial charge in [-0.2, -0.15) is 4.80 Å². The van der Waals surface area contributed by atoms with Crippen molar-refractivity contribution in [2.75, 3.05) is 0 Å². The highest BCUT2D eigenvalue weighted by Crippen LogP contribution is 2.33. The van der Waals surface area contributed by atoms with Crippen molar-refractivity contribution in [3.8, 4) is 5.75 Å². The SMILES string of the molecule is C[C@H](N)c1ccc2ccccc2c1OCc1nnn(C)n1. The molecule has 0 spiro atoms. The molecule has 2 aromatic carbocycles. The van der Waals surface area contributed by atoms with Gasteiger partial charge in [-0.15, -0.1) is 10.2 Å². The van der Waals surface area contributed by atoms with E-state index < -0.39 is 0 Å². The van der Waals surface area contributed by atoms with Crippen molar-refractivity contribution in [2.24, 2.45) is 12.8 Å². The molecular formula is C15H17N5O. The van der Waals surface area contributed by atoms with Gasteiger partial charge in [-0.25, -0.2) is 0 Å². The number of nitrogens with two attached hydrogens (primary N) is 1. The van der Waals surface area contributed by atoms with Gasteiger partial charge in [-0.1, -0.05) is 36.4 Å². The van der Waals surface area contributed by atoms with E-state index in [2.05, 4.69) is 21.5 Å². The molecule has 0 bridgehead atoms. The second kappa shape index (κ2) is 5.49. The van der Waals surface area contributed by atoms with Crippen LogP contribution in [0, 0.1) is 0 Å². The fourth-order valence-electron chi connectivity index (χ4n) is 2.30. The highest BCUT2D eigenvalue weighted by atomic mass is 16.5. The number of nitrogens with zero attached hydrogens (tertiary/aromatic N) is 4. The minimum Gasteiger partial charge on any atom is -0.484 e. The summed E-state index contributed by atoms with van der Waals surface area (Å²) in [6.07, 6.45) is 0. The summed E-state index contributed by atoms with van der Waals surface area (Å²) < 4.78 is 5.95. The van der Waals surface area contributed by atoms with Crippen molar-refractivity contribution in [1.82, 2.24) is 20.2 Å². The number of aromatic nitrogens is 4. The molecule has 0 radical (unpaired) electrons. The number of tetrazole rings is 1. The van der Waals surface area contributed by atoms with E-state index >= 15 is 0 Å². The monoisotopic (exact) mass is 283 g/mol. The van der Waals surface area contributed by atoms with Crippen molar-refractivity contribution < 1.29 is 4.74 Å². The molecule has 6 nitrogen and oxygen atoms in total. The van der Waals surface area contributed by atoms with Crippen LogP contribution in [0.5, 0.6) is 5.75 Å². The van der Waals surface area contributed by atoms with Gasteiger partial charge in [-0.3, -0.25) is 0 Å². The maximum Gasteiger partial charge on any atom is 0.212 e. The zero-order valence-corrected chi connectivity index (χ0v) is 12.0. The van der Waals surface area contributed by atoms with Crippen LogP contribution in [0.15, 0.2) is 36.4 Å². The number of benzene rings is 2. The summed E-state index contributed by atoms with van der Waals surface area (Å²) in [5, 5.41) is 14.0. The van der Waals surface area contributed by atoms with Crippen LogP contribution in [-0.2, 0) is 13.7 Å². The van der Waals surface area contributed by atoms with Crippen LogP contribution in [-0.4, -0.2) is 20.2 Å². The summed E-state index contributed by atoms with van der Waals surface area (Å²) >= 11 is 0. The molecule has 1 heterocycles. The maximum atomic E-state index is 6.05. The third kappa shape index (κ3) is 2.71. The molecule has 2 N–H and O–H groups in total. The van der Waals surface area contributed by atoms with E-state index in [1.807, 2.05) is 37.3 Å². The number of hydrogen-bond donors (Lipinski definition) is 1. The first-order chi connectivity index (χ1) is 10.1. The highest BCUT2D eigenvalue weighted by molar-refractivity contribution is 5.89. The molecule has 0 unspecified atom stereocenters. The second-order valence-electron chi connectivity index (χ2n) is 4.98. The average molecular weight is 283 g/mol. The number of ether oxygens (including phenoxy) is 1. The van der Waals surface area contributed by atoms with Gasteiger partial charge in [0.2, 0.25) is 5.82 Å². The zero-order valence-electron chi connectivity index (χ0n) is 12.0. The summed E-state index contributed by atoms with van der Waals surface area (Å²) in [5.41, 5.74) is 7.02. The minimum absolute atomic E-state index is 0.112. The molecule has 0 saturated carbocycles. The predicted octanol–water partition coefficient (Wildman–Crippen LogP) is 1.96. The van der Waals surface area contributed by atoms with Crippen molar-refractivity contribution in [2.45, 2.75) is 19.6 Å². The van der Waals surface area contributed by atoms with Gasteiger partial charge in [0.15, 0.2) is 6.61 Å². The van der Waals surface area contributed by atoms with Crippen LogP contribution >= 0.6 is 0 Å². The van der Waals surface area contributed by atoms with Crippen molar-refractivity contribution in [3.63, 3.8) is 0 Å². The van der Waals surface area contributed by atoms with Gasteiger partial charge >= 0.3 is 0 Å². The molecule has 1 aromatic heterocycles. The van der Waals surface area contributed by atoms with Crippen molar-refractivity contribution in [1.29, 1.82) is 0 Å². The van der Waals surface area contributed by atoms with E-state index in [0.717, 1.165) is 22.1 Å². The molecule has 6 heteroatoms. The lowest BCUT2D eigenvalue weighted by Crippen LogP contribution is -2.09. The molecule has 21 heavy (non-hydrogen) atoms. The molecule has 3 rings (SSSR count).